The zero-order valence-corrected chi connectivity index (χ0v) is 6.79. The standard InChI is InChI=1S/C11H10O/c12-10-2-1-4-11-5-3-8(7-11)6-9(10)11/h1-3,5-6,8H,4,7H2. The van der Waals surface area contributed by atoms with Gasteiger partial charge in [-0.1, -0.05) is 24.3 Å². The predicted octanol–water partition coefficient (Wildman–Crippen LogP) is 2.02. The van der Waals surface area contributed by atoms with E-state index < -0.39 is 0 Å². The Bertz CT molecular complexity index is 346. The summed E-state index contributed by atoms with van der Waals surface area (Å²) >= 11 is 0. The van der Waals surface area contributed by atoms with Crippen molar-refractivity contribution in [2.24, 2.45) is 11.3 Å². The molecule has 0 amide bonds. The van der Waals surface area contributed by atoms with Crippen LogP contribution in [-0.4, -0.2) is 5.78 Å². The lowest BCUT2D eigenvalue weighted by atomic mass is 9.75. The first-order chi connectivity index (χ1) is 5.80. The molecule has 2 atom stereocenters. The lowest BCUT2D eigenvalue weighted by Gasteiger charge is -2.27. The Labute approximate surface area is 71.5 Å². The number of hydrogen-bond donors (Lipinski definition) is 0. The molecule has 0 aromatic carbocycles. The molecule has 0 heterocycles. The second kappa shape index (κ2) is 1.79. The van der Waals surface area contributed by atoms with Gasteiger partial charge in [-0.3, -0.25) is 4.79 Å². The zero-order chi connectivity index (χ0) is 8.18. The molecular weight excluding hydrogens is 148 g/mol. The first-order valence-corrected chi connectivity index (χ1v) is 4.43. The Balaban J connectivity index is 2.19. The third kappa shape index (κ3) is 0.580. The van der Waals surface area contributed by atoms with Crippen LogP contribution in [-0.2, 0) is 4.79 Å². The van der Waals surface area contributed by atoms with E-state index in [0.29, 0.717) is 5.92 Å². The van der Waals surface area contributed by atoms with Gasteiger partial charge in [0.05, 0.1) is 0 Å². The molecular formula is C11H10O. The number of carbonyl (C=O) groups is 1. The summed E-state index contributed by atoms with van der Waals surface area (Å²) in [5.74, 6) is 0.775. The maximum atomic E-state index is 11.5. The topological polar surface area (TPSA) is 17.1 Å². The van der Waals surface area contributed by atoms with Gasteiger partial charge in [-0.15, -0.1) is 0 Å². The number of hydrogen-bond acceptors (Lipinski definition) is 1. The number of rotatable bonds is 0. The number of carbonyl (C=O) groups excluding carboxylic acids is 1. The largest absolute Gasteiger partial charge is 0.290 e. The molecule has 0 aliphatic heterocycles. The molecule has 12 heavy (non-hydrogen) atoms. The van der Waals surface area contributed by atoms with E-state index >= 15 is 0 Å². The van der Waals surface area contributed by atoms with Gasteiger partial charge in [-0.2, -0.15) is 0 Å². The van der Waals surface area contributed by atoms with Crippen molar-refractivity contribution in [2.45, 2.75) is 12.8 Å². The minimum atomic E-state index is 0.122. The molecule has 0 aromatic rings. The van der Waals surface area contributed by atoms with Crippen molar-refractivity contribution in [3.05, 3.63) is 36.0 Å². The molecule has 0 saturated carbocycles. The van der Waals surface area contributed by atoms with E-state index in [2.05, 4.69) is 18.2 Å². The fraction of sp³-hybridized carbons (Fsp3) is 0.364. The lowest BCUT2D eigenvalue weighted by Crippen LogP contribution is -2.23. The van der Waals surface area contributed by atoms with Crippen molar-refractivity contribution in [1.29, 1.82) is 0 Å². The summed E-state index contributed by atoms with van der Waals surface area (Å²) in [7, 11) is 0. The Morgan fingerprint density at radius 1 is 1.50 bits per heavy atom. The molecule has 1 spiro atoms. The van der Waals surface area contributed by atoms with E-state index in [1.807, 2.05) is 6.08 Å². The number of ketones is 1. The van der Waals surface area contributed by atoms with Crippen LogP contribution < -0.4 is 0 Å². The van der Waals surface area contributed by atoms with Crippen molar-refractivity contribution < 1.29 is 4.79 Å². The summed E-state index contributed by atoms with van der Waals surface area (Å²) in [4.78, 5) is 11.5. The van der Waals surface area contributed by atoms with Crippen LogP contribution in [0, 0.1) is 11.3 Å². The number of allylic oxidation sites excluding steroid dienone is 6. The van der Waals surface area contributed by atoms with Crippen LogP contribution >= 0.6 is 0 Å². The summed E-state index contributed by atoms with van der Waals surface area (Å²) in [6.45, 7) is 0. The van der Waals surface area contributed by atoms with Gasteiger partial charge in [0.25, 0.3) is 0 Å². The molecule has 0 N–H and O–H groups in total. The van der Waals surface area contributed by atoms with Gasteiger partial charge in [0.1, 0.15) is 0 Å². The Kier molecular flexibility index (Phi) is 0.957. The lowest BCUT2D eigenvalue weighted by molar-refractivity contribution is -0.112. The van der Waals surface area contributed by atoms with Crippen LogP contribution in [0.1, 0.15) is 12.8 Å². The van der Waals surface area contributed by atoms with Crippen LogP contribution in [0.3, 0.4) is 0 Å². The average Bonchev–Trinajstić information content (AvgIpc) is 2.60. The van der Waals surface area contributed by atoms with Crippen LogP contribution in [0.2, 0.25) is 0 Å². The van der Waals surface area contributed by atoms with Gasteiger partial charge in [0.15, 0.2) is 5.78 Å². The molecule has 0 saturated heterocycles. The minimum Gasteiger partial charge on any atom is -0.290 e. The van der Waals surface area contributed by atoms with Crippen molar-refractivity contribution >= 4 is 5.78 Å². The molecule has 0 aromatic heterocycles. The molecule has 3 aliphatic rings. The summed E-state index contributed by atoms with van der Waals surface area (Å²) < 4.78 is 0. The molecule has 2 bridgehead atoms. The van der Waals surface area contributed by atoms with Gasteiger partial charge >= 0.3 is 0 Å². The van der Waals surface area contributed by atoms with Gasteiger partial charge in [0, 0.05) is 11.0 Å². The van der Waals surface area contributed by atoms with Crippen LogP contribution in [0.25, 0.3) is 0 Å². The summed E-state index contributed by atoms with van der Waals surface area (Å²) in [6, 6.07) is 0. The van der Waals surface area contributed by atoms with Crippen molar-refractivity contribution in [1.82, 2.24) is 0 Å². The molecule has 3 rings (SSSR count). The molecule has 0 fully saturated rings. The first kappa shape index (κ1) is 6.41. The van der Waals surface area contributed by atoms with Crippen LogP contribution in [0.5, 0.6) is 0 Å². The fourth-order valence-electron chi connectivity index (χ4n) is 2.61. The van der Waals surface area contributed by atoms with Crippen molar-refractivity contribution in [2.75, 3.05) is 0 Å². The van der Waals surface area contributed by atoms with Gasteiger partial charge in [0.2, 0.25) is 0 Å². The Morgan fingerprint density at radius 2 is 2.42 bits per heavy atom. The van der Waals surface area contributed by atoms with Gasteiger partial charge in [-0.05, 0) is 24.8 Å². The van der Waals surface area contributed by atoms with E-state index in [1.165, 1.54) is 0 Å². The SMILES string of the molecule is O=C1C=CCC23C=CC(C=C12)C3. The highest BCUT2D eigenvalue weighted by molar-refractivity contribution is 6.07. The van der Waals surface area contributed by atoms with E-state index in [4.69, 9.17) is 0 Å². The van der Waals surface area contributed by atoms with Gasteiger partial charge in [-0.25, -0.2) is 0 Å². The fourth-order valence-corrected chi connectivity index (χ4v) is 2.61. The van der Waals surface area contributed by atoms with Crippen molar-refractivity contribution in [3.63, 3.8) is 0 Å². The molecule has 0 radical (unpaired) electrons. The highest BCUT2D eigenvalue weighted by atomic mass is 16.1. The third-order valence-corrected chi connectivity index (χ3v) is 3.20. The summed E-state index contributed by atoms with van der Waals surface area (Å²) in [5.41, 5.74) is 1.17. The van der Waals surface area contributed by atoms with E-state index in [1.54, 1.807) is 6.08 Å². The molecule has 2 unspecified atom stereocenters. The van der Waals surface area contributed by atoms with E-state index in [-0.39, 0.29) is 11.2 Å². The van der Waals surface area contributed by atoms with E-state index in [0.717, 1.165) is 18.4 Å². The molecule has 3 aliphatic carbocycles. The van der Waals surface area contributed by atoms with Crippen LogP contribution in [0.15, 0.2) is 36.0 Å². The first-order valence-electron chi connectivity index (χ1n) is 4.43. The predicted molar refractivity (Wildman–Crippen MR) is 46.5 cm³/mol. The Morgan fingerprint density at radius 3 is 3.17 bits per heavy atom. The molecule has 60 valence electrons. The molecule has 1 nitrogen and oxygen atoms in total. The summed E-state index contributed by atoms with van der Waals surface area (Å²) in [5, 5.41) is 0. The summed E-state index contributed by atoms with van der Waals surface area (Å²) in [6.07, 6.45) is 12.5. The Hall–Kier alpha value is -1.11. The normalized spacial score (nSPS) is 41.8. The second-order valence-corrected chi connectivity index (χ2v) is 3.93. The monoisotopic (exact) mass is 158 g/mol. The average molecular weight is 158 g/mol. The highest BCUT2D eigenvalue weighted by Crippen LogP contribution is 2.53. The zero-order valence-electron chi connectivity index (χ0n) is 6.79. The minimum absolute atomic E-state index is 0.122. The van der Waals surface area contributed by atoms with Crippen molar-refractivity contribution in [3.8, 4) is 0 Å². The third-order valence-electron chi connectivity index (χ3n) is 3.20. The van der Waals surface area contributed by atoms with Crippen LogP contribution in [0.4, 0.5) is 0 Å². The van der Waals surface area contributed by atoms with E-state index in [9.17, 15) is 4.79 Å². The maximum absolute atomic E-state index is 11.5. The smallest absolute Gasteiger partial charge is 0.182 e. The van der Waals surface area contributed by atoms with Gasteiger partial charge < -0.3 is 0 Å². The number of fused-ring (bicyclic) bond motifs is 1. The highest BCUT2D eigenvalue weighted by Gasteiger charge is 2.45. The molecule has 1 heteroatoms. The maximum Gasteiger partial charge on any atom is 0.182 e. The quantitative estimate of drug-likeness (QED) is 0.493. The second-order valence-electron chi connectivity index (χ2n) is 3.93.